The second kappa shape index (κ2) is 17.4. The summed E-state index contributed by atoms with van der Waals surface area (Å²) in [5.41, 5.74) is 2.25. The van der Waals surface area contributed by atoms with E-state index < -0.39 is 5.97 Å². The highest BCUT2D eigenvalue weighted by Gasteiger charge is 2.22. The standard InChI is InChI=1S/C28H48O2/c1-4-5-6-7-8-9-10-11-12-13-14-15-16-17-22-27(28(29)30)26-21-19-18-20-25(26)23-24(2)3/h18-21,24,27H,4-17,22-23H2,1-3H3,(H,29,30). The van der Waals surface area contributed by atoms with E-state index in [-0.39, 0.29) is 5.92 Å². The first-order chi connectivity index (χ1) is 14.6. The van der Waals surface area contributed by atoms with Gasteiger partial charge in [0.1, 0.15) is 0 Å². The molecule has 0 spiro atoms. The summed E-state index contributed by atoms with van der Waals surface area (Å²) in [5.74, 6) is -0.472. The number of aliphatic carboxylic acids is 1. The highest BCUT2D eigenvalue weighted by Crippen LogP contribution is 2.28. The molecule has 1 aromatic rings. The van der Waals surface area contributed by atoms with Crippen LogP contribution in [0.4, 0.5) is 0 Å². The van der Waals surface area contributed by atoms with E-state index in [4.69, 9.17) is 0 Å². The van der Waals surface area contributed by atoms with Crippen molar-refractivity contribution in [2.75, 3.05) is 0 Å². The van der Waals surface area contributed by atoms with Gasteiger partial charge in [-0.15, -0.1) is 0 Å². The van der Waals surface area contributed by atoms with Crippen LogP contribution in [-0.2, 0) is 11.2 Å². The maximum Gasteiger partial charge on any atom is 0.310 e. The van der Waals surface area contributed by atoms with Crippen LogP contribution in [0.15, 0.2) is 24.3 Å². The molecule has 172 valence electrons. The lowest BCUT2D eigenvalue weighted by Gasteiger charge is -2.18. The van der Waals surface area contributed by atoms with Gasteiger partial charge in [-0.2, -0.15) is 0 Å². The van der Waals surface area contributed by atoms with E-state index in [9.17, 15) is 9.90 Å². The Balaban J connectivity index is 2.15. The lowest BCUT2D eigenvalue weighted by atomic mass is 9.87. The number of unbranched alkanes of at least 4 members (excludes halogenated alkanes) is 13. The average Bonchev–Trinajstić information content (AvgIpc) is 2.71. The molecule has 0 aliphatic heterocycles. The third-order valence-electron chi connectivity index (χ3n) is 6.20. The van der Waals surface area contributed by atoms with E-state index >= 15 is 0 Å². The SMILES string of the molecule is CCCCCCCCCCCCCCCCC(C(=O)O)c1ccccc1CC(C)C. The molecule has 30 heavy (non-hydrogen) atoms. The minimum atomic E-state index is -0.666. The maximum atomic E-state index is 11.9. The quantitative estimate of drug-likeness (QED) is 0.228. The molecule has 1 atom stereocenters. The summed E-state index contributed by atoms with van der Waals surface area (Å²) in [4.78, 5) is 11.9. The monoisotopic (exact) mass is 416 g/mol. The summed E-state index contributed by atoms with van der Waals surface area (Å²) >= 11 is 0. The van der Waals surface area contributed by atoms with Crippen LogP contribution < -0.4 is 0 Å². The number of carboxylic acids is 1. The van der Waals surface area contributed by atoms with Crippen LogP contribution in [0.3, 0.4) is 0 Å². The molecule has 0 radical (unpaired) electrons. The molecule has 1 unspecified atom stereocenters. The fraction of sp³-hybridized carbons (Fsp3) is 0.750. The largest absolute Gasteiger partial charge is 0.481 e. The molecule has 0 saturated heterocycles. The van der Waals surface area contributed by atoms with Gasteiger partial charge in [-0.05, 0) is 29.9 Å². The molecule has 0 aromatic heterocycles. The molecule has 1 N–H and O–H groups in total. The predicted octanol–water partition coefficient (Wildman–Crippen LogP) is 8.92. The van der Waals surface area contributed by atoms with E-state index in [2.05, 4.69) is 26.8 Å². The van der Waals surface area contributed by atoms with Crippen LogP contribution >= 0.6 is 0 Å². The van der Waals surface area contributed by atoms with Gasteiger partial charge in [0.25, 0.3) is 0 Å². The summed E-state index contributed by atoms with van der Waals surface area (Å²) in [6.07, 6.45) is 20.4. The first-order valence-electron chi connectivity index (χ1n) is 12.9. The lowest BCUT2D eigenvalue weighted by Crippen LogP contribution is -2.14. The number of hydrogen-bond acceptors (Lipinski definition) is 1. The summed E-state index contributed by atoms with van der Waals surface area (Å²) in [5, 5.41) is 9.79. The van der Waals surface area contributed by atoms with Gasteiger partial charge in [-0.25, -0.2) is 0 Å². The first-order valence-corrected chi connectivity index (χ1v) is 12.9. The molecule has 0 aliphatic carbocycles. The van der Waals surface area contributed by atoms with Gasteiger partial charge >= 0.3 is 5.97 Å². The van der Waals surface area contributed by atoms with Crippen molar-refractivity contribution in [3.63, 3.8) is 0 Å². The maximum absolute atomic E-state index is 11.9. The van der Waals surface area contributed by atoms with Crippen molar-refractivity contribution in [1.29, 1.82) is 0 Å². The number of carboxylic acid groups (broad SMARTS) is 1. The molecular weight excluding hydrogens is 368 g/mol. The fourth-order valence-electron chi connectivity index (χ4n) is 4.45. The third-order valence-corrected chi connectivity index (χ3v) is 6.20. The summed E-state index contributed by atoms with van der Waals surface area (Å²) < 4.78 is 0. The van der Waals surface area contributed by atoms with Crippen molar-refractivity contribution in [3.8, 4) is 0 Å². The van der Waals surface area contributed by atoms with Gasteiger partial charge in [0.15, 0.2) is 0 Å². The molecule has 2 heteroatoms. The first kappa shape index (κ1) is 26.7. The summed E-state index contributed by atoms with van der Waals surface area (Å²) in [6, 6.07) is 8.16. The summed E-state index contributed by atoms with van der Waals surface area (Å²) in [7, 11) is 0. The van der Waals surface area contributed by atoms with Gasteiger partial charge in [-0.3, -0.25) is 4.79 Å². The summed E-state index contributed by atoms with van der Waals surface area (Å²) in [6.45, 7) is 6.66. The topological polar surface area (TPSA) is 37.3 Å². The van der Waals surface area contributed by atoms with Gasteiger partial charge in [0.05, 0.1) is 5.92 Å². The second-order valence-corrected chi connectivity index (χ2v) is 9.57. The zero-order valence-corrected chi connectivity index (χ0v) is 20.1. The Labute approximate surface area is 186 Å². The van der Waals surface area contributed by atoms with Crippen molar-refractivity contribution in [2.24, 2.45) is 5.92 Å². The zero-order chi connectivity index (χ0) is 22.0. The number of hydrogen-bond donors (Lipinski definition) is 1. The molecular formula is C28H48O2. The van der Waals surface area contributed by atoms with Crippen molar-refractivity contribution in [2.45, 2.75) is 129 Å². The normalized spacial score (nSPS) is 12.4. The minimum absolute atomic E-state index is 0.350. The van der Waals surface area contributed by atoms with Gasteiger partial charge in [0, 0.05) is 0 Å². The Morgan fingerprint density at radius 1 is 0.767 bits per heavy atom. The lowest BCUT2D eigenvalue weighted by molar-refractivity contribution is -0.139. The number of carbonyl (C=O) groups is 1. The molecule has 1 rings (SSSR count). The smallest absolute Gasteiger partial charge is 0.310 e. The van der Waals surface area contributed by atoms with Crippen LogP contribution in [0.25, 0.3) is 0 Å². The number of rotatable bonds is 19. The van der Waals surface area contributed by atoms with E-state index in [1.165, 1.54) is 82.6 Å². The third kappa shape index (κ3) is 12.4. The average molecular weight is 417 g/mol. The van der Waals surface area contributed by atoms with Gasteiger partial charge in [0.2, 0.25) is 0 Å². The van der Waals surface area contributed by atoms with Crippen molar-refractivity contribution in [3.05, 3.63) is 35.4 Å². The van der Waals surface area contributed by atoms with E-state index in [0.717, 1.165) is 31.2 Å². The van der Waals surface area contributed by atoms with Crippen molar-refractivity contribution >= 4 is 5.97 Å². The Hall–Kier alpha value is -1.31. The Kier molecular flexibility index (Phi) is 15.5. The molecule has 0 amide bonds. The highest BCUT2D eigenvalue weighted by atomic mass is 16.4. The van der Waals surface area contributed by atoms with Gasteiger partial charge < -0.3 is 5.11 Å². The highest BCUT2D eigenvalue weighted by molar-refractivity contribution is 5.76. The van der Waals surface area contributed by atoms with Crippen LogP contribution in [0.2, 0.25) is 0 Å². The van der Waals surface area contributed by atoms with E-state index in [1.54, 1.807) is 0 Å². The molecule has 0 aliphatic rings. The molecule has 0 bridgehead atoms. The van der Waals surface area contributed by atoms with E-state index in [1.807, 2.05) is 18.2 Å². The van der Waals surface area contributed by atoms with Crippen LogP contribution in [0.5, 0.6) is 0 Å². The van der Waals surface area contributed by atoms with Gasteiger partial charge in [-0.1, -0.05) is 135 Å². The van der Waals surface area contributed by atoms with Crippen LogP contribution in [0, 0.1) is 5.92 Å². The van der Waals surface area contributed by atoms with Crippen LogP contribution in [-0.4, -0.2) is 11.1 Å². The van der Waals surface area contributed by atoms with Crippen LogP contribution in [0.1, 0.15) is 134 Å². The Bertz CT molecular complexity index is 549. The Morgan fingerprint density at radius 3 is 1.70 bits per heavy atom. The Morgan fingerprint density at radius 2 is 1.23 bits per heavy atom. The molecule has 0 heterocycles. The van der Waals surface area contributed by atoms with E-state index in [0.29, 0.717) is 5.92 Å². The predicted molar refractivity (Wildman–Crippen MR) is 130 cm³/mol. The fourth-order valence-corrected chi connectivity index (χ4v) is 4.45. The molecule has 0 saturated carbocycles. The van der Waals surface area contributed by atoms with Crippen molar-refractivity contribution < 1.29 is 9.90 Å². The molecule has 0 fully saturated rings. The second-order valence-electron chi connectivity index (χ2n) is 9.57. The molecule has 1 aromatic carbocycles. The zero-order valence-electron chi connectivity index (χ0n) is 20.1. The minimum Gasteiger partial charge on any atom is -0.481 e. The van der Waals surface area contributed by atoms with Crippen molar-refractivity contribution in [1.82, 2.24) is 0 Å². The number of benzene rings is 1. The molecule has 2 nitrogen and oxygen atoms in total.